The van der Waals surface area contributed by atoms with Crippen LogP contribution in [0.5, 0.6) is 0 Å². The molecule has 428 valence electrons. The van der Waals surface area contributed by atoms with E-state index < -0.39 is 24.3 Å². The van der Waals surface area contributed by atoms with Crippen LogP contribution in [-0.4, -0.2) is 82.3 Å². The van der Waals surface area contributed by atoms with Gasteiger partial charge in [-0.3, -0.25) is 9.59 Å². The van der Waals surface area contributed by atoms with Crippen LogP contribution in [0.3, 0.4) is 0 Å². The number of aliphatic carboxylic acids is 1. The Labute approximate surface area is 447 Å². The Morgan fingerprint density at radius 2 is 0.625 bits per heavy atom. The molecule has 0 aliphatic heterocycles. The molecule has 0 saturated heterocycles. The molecule has 72 heavy (non-hydrogen) atoms. The molecule has 0 aromatic carbocycles. The summed E-state index contributed by atoms with van der Waals surface area (Å²) in [5, 5.41) is 11.8. The number of hydrogen-bond acceptors (Lipinski definition) is 8. The lowest BCUT2D eigenvalue weighted by Crippen LogP contribution is -2.44. The second-order valence-corrected chi connectivity index (χ2v) is 23.1. The van der Waals surface area contributed by atoms with E-state index in [1.54, 1.807) is 0 Å². The molecule has 0 radical (unpaired) electrons. The van der Waals surface area contributed by atoms with Crippen LogP contribution < -0.4 is 5.11 Å². The zero-order chi connectivity index (χ0) is 52.7. The minimum atomic E-state index is -1.61. The first-order chi connectivity index (χ1) is 35.1. The number of esters is 2. The largest absolute Gasteiger partial charge is 0.545 e. The normalized spacial score (nSPS) is 12.6. The molecule has 0 aliphatic carbocycles. The molecular formula is C63H123NO8. The van der Waals surface area contributed by atoms with Gasteiger partial charge in [0.15, 0.2) is 12.4 Å². The number of carbonyl (C=O) groups excluding carboxylic acids is 3. The molecule has 9 heteroatoms. The van der Waals surface area contributed by atoms with Gasteiger partial charge in [0.25, 0.3) is 0 Å². The van der Waals surface area contributed by atoms with Crippen molar-refractivity contribution in [3.8, 4) is 0 Å². The number of hydrogen-bond donors (Lipinski definition) is 0. The van der Waals surface area contributed by atoms with Gasteiger partial charge in [0, 0.05) is 12.8 Å². The molecule has 0 rings (SSSR count). The monoisotopic (exact) mass is 1020 g/mol. The number of nitrogens with zero attached hydrogens (tertiary/aromatic N) is 1. The highest BCUT2D eigenvalue weighted by Gasteiger charge is 2.22. The molecule has 0 aromatic heterocycles. The molecule has 0 N–H and O–H groups in total. The van der Waals surface area contributed by atoms with E-state index in [1.807, 2.05) is 21.1 Å². The number of carboxylic acids is 1. The zero-order valence-electron chi connectivity index (χ0n) is 48.8. The Kier molecular flexibility index (Phi) is 54.2. The summed E-state index contributed by atoms with van der Waals surface area (Å²) in [6.45, 7) is 4.83. The zero-order valence-corrected chi connectivity index (χ0v) is 48.8. The fourth-order valence-electron chi connectivity index (χ4n) is 9.72. The van der Waals surface area contributed by atoms with Gasteiger partial charge in [-0.05, 0) is 12.8 Å². The maximum atomic E-state index is 12.9. The molecule has 0 heterocycles. The molecule has 0 spiro atoms. The topological polar surface area (TPSA) is 111 Å². The second kappa shape index (κ2) is 55.5. The summed E-state index contributed by atoms with van der Waals surface area (Å²) in [5.74, 6) is -2.25. The number of rotatable bonds is 60. The van der Waals surface area contributed by atoms with Crippen molar-refractivity contribution in [1.82, 2.24) is 0 Å². The van der Waals surface area contributed by atoms with Gasteiger partial charge in [0.05, 0.1) is 40.3 Å². The Hall–Kier alpha value is -1.71. The number of ether oxygens (including phenoxy) is 4. The maximum absolute atomic E-state index is 12.9. The van der Waals surface area contributed by atoms with E-state index >= 15 is 0 Å². The van der Waals surface area contributed by atoms with E-state index in [-0.39, 0.29) is 32.2 Å². The van der Waals surface area contributed by atoms with E-state index in [4.69, 9.17) is 18.9 Å². The summed E-state index contributed by atoms with van der Waals surface area (Å²) in [6, 6.07) is 0. The summed E-state index contributed by atoms with van der Waals surface area (Å²) in [5.41, 5.74) is 0. The molecule has 9 nitrogen and oxygen atoms in total. The molecule has 0 bridgehead atoms. The Morgan fingerprint density at radius 3 is 0.889 bits per heavy atom. The summed E-state index contributed by atoms with van der Waals surface area (Å²) < 4.78 is 22.8. The molecular weight excluding hydrogens is 899 g/mol. The van der Waals surface area contributed by atoms with Crippen LogP contribution in [0.15, 0.2) is 0 Å². The number of likely N-dealkylation sites (N-methyl/N-ethyl adjacent to an activating group) is 1. The predicted molar refractivity (Wildman–Crippen MR) is 302 cm³/mol. The van der Waals surface area contributed by atoms with Gasteiger partial charge in [-0.15, -0.1) is 0 Å². The van der Waals surface area contributed by atoms with Gasteiger partial charge in [0.2, 0.25) is 0 Å². The minimum absolute atomic E-state index is 0.153. The van der Waals surface area contributed by atoms with Crippen molar-refractivity contribution >= 4 is 17.9 Å². The Bertz CT molecular complexity index is 1140. The second-order valence-electron chi connectivity index (χ2n) is 23.1. The van der Waals surface area contributed by atoms with Gasteiger partial charge >= 0.3 is 11.9 Å². The Morgan fingerprint density at radius 1 is 0.361 bits per heavy atom. The van der Waals surface area contributed by atoms with E-state index in [0.29, 0.717) is 17.4 Å². The first kappa shape index (κ1) is 70.3. The third kappa shape index (κ3) is 56.0. The minimum Gasteiger partial charge on any atom is -0.545 e. The number of quaternary nitrogens is 1. The van der Waals surface area contributed by atoms with Crippen LogP contribution in [0.1, 0.15) is 328 Å². The van der Waals surface area contributed by atoms with Crippen LogP contribution >= 0.6 is 0 Å². The molecule has 0 saturated carbocycles. The average molecular weight is 1020 g/mol. The van der Waals surface area contributed by atoms with Crippen molar-refractivity contribution in [2.24, 2.45) is 0 Å². The quantitative estimate of drug-likeness (QED) is 0.0256. The molecule has 0 aliphatic rings. The summed E-state index contributed by atoms with van der Waals surface area (Å²) in [6.07, 6.45) is 60.2. The maximum Gasteiger partial charge on any atom is 0.306 e. The van der Waals surface area contributed by atoms with E-state index in [9.17, 15) is 19.5 Å². The number of carboxylic acid groups (broad SMARTS) is 1. The van der Waals surface area contributed by atoms with Gasteiger partial charge in [0.1, 0.15) is 13.2 Å². The van der Waals surface area contributed by atoms with Crippen molar-refractivity contribution in [3.05, 3.63) is 0 Å². The van der Waals surface area contributed by atoms with Gasteiger partial charge < -0.3 is 33.3 Å². The summed E-state index contributed by atoms with van der Waals surface area (Å²) >= 11 is 0. The lowest BCUT2D eigenvalue weighted by molar-refractivity contribution is -0.870. The number of unbranched alkanes of at least 4 members (excludes halogenated alkanes) is 45. The van der Waals surface area contributed by atoms with Crippen LogP contribution in [-0.2, 0) is 33.3 Å². The predicted octanol–water partition coefficient (Wildman–Crippen LogP) is 17.4. The van der Waals surface area contributed by atoms with Crippen LogP contribution in [0.2, 0.25) is 0 Å². The van der Waals surface area contributed by atoms with Crippen LogP contribution in [0.4, 0.5) is 0 Å². The third-order valence-corrected chi connectivity index (χ3v) is 14.6. The van der Waals surface area contributed by atoms with E-state index in [2.05, 4.69) is 13.8 Å². The van der Waals surface area contributed by atoms with E-state index in [0.717, 1.165) is 38.5 Å². The average Bonchev–Trinajstić information content (AvgIpc) is 3.35. The molecule has 0 aromatic rings. The smallest absolute Gasteiger partial charge is 0.306 e. The SMILES string of the molecule is CCCCCCCCCCCCCCCCCCCCCCCCCCCCCC(=O)OC(COC(=O)CCCCCCCCCCCCCCCCCCCCCC)COC(OCC[N+](C)(C)C)C(=O)[O-]. The highest BCUT2D eigenvalue weighted by Crippen LogP contribution is 2.19. The van der Waals surface area contributed by atoms with Gasteiger partial charge in [-0.25, -0.2) is 0 Å². The summed E-state index contributed by atoms with van der Waals surface area (Å²) in [7, 11) is 5.94. The lowest BCUT2D eigenvalue weighted by Gasteiger charge is -2.26. The Balaban J connectivity index is 4.11. The molecule has 0 amide bonds. The van der Waals surface area contributed by atoms with Crippen LogP contribution in [0.25, 0.3) is 0 Å². The van der Waals surface area contributed by atoms with Crippen molar-refractivity contribution in [2.45, 2.75) is 341 Å². The molecule has 2 atom stereocenters. The molecule has 0 fully saturated rings. The van der Waals surface area contributed by atoms with Gasteiger partial charge in [-0.1, -0.05) is 303 Å². The lowest BCUT2D eigenvalue weighted by atomic mass is 10.0. The van der Waals surface area contributed by atoms with Crippen molar-refractivity contribution in [1.29, 1.82) is 0 Å². The van der Waals surface area contributed by atoms with Crippen molar-refractivity contribution in [3.63, 3.8) is 0 Å². The fourth-order valence-corrected chi connectivity index (χ4v) is 9.72. The molecule has 2 unspecified atom stereocenters. The first-order valence-corrected chi connectivity index (χ1v) is 31.7. The third-order valence-electron chi connectivity index (χ3n) is 14.6. The van der Waals surface area contributed by atoms with E-state index in [1.165, 1.54) is 263 Å². The first-order valence-electron chi connectivity index (χ1n) is 31.7. The van der Waals surface area contributed by atoms with Gasteiger partial charge in [-0.2, -0.15) is 0 Å². The summed E-state index contributed by atoms with van der Waals surface area (Å²) in [4.78, 5) is 37.4. The number of carbonyl (C=O) groups is 3. The van der Waals surface area contributed by atoms with Crippen molar-refractivity contribution in [2.75, 3.05) is 47.5 Å². The standard InChI is InChI=1S/C63H123NO8/c1-6-8-10-12-14-16-18-20-22-24-26-28-29-30-31-32-33-34-36-38-40-42-44-46-48-50-52-54-61(66)72-59(58-71-63(62(67)68)69-56-55-64(3,4)5)57-70-60(65)53-51-49-47-45-43-41-39-37-35-27-25-23-21-19-17-15-13-11-9-7-2/h59,63H,6-58H2,1-5H3. The van der Waals surface area contributed by atoms with Crippen LogP contribution in [0, 0.1) is 0 Å². The fraction of sp³-hybridized carbons (Fsp3) is 0.952. The highest BCUT2D eigenvalue weighted by atomic mass is 16.7. The highest BCUT2D eigenvalue weighted by molar-refractivity contribution is 5.70. The van der Waals surface area contributed by atoms with Crippen molar-refractivity contribution < 1.29 is 42.9 Å².